The number of methoxy groups -OCH3 is 2. The quantitative estimate of drug-likeness (QED) is 0.283. The lowest BCUT2D eigenvalue weighted by atomic mass is 10.1. The van der Waals surface area contributed by atoms with Crippen LogP contribution in [0, 0.1) is 13.8 Å². The van der Waals surface area contributed by atoms with Crippen molar-refractivity contribution in [1.29, 1.82) is 0 Å². The van der Waals surface area contributed by atoms with Crippen molar-refractivity contribution in [2.24, 2.45) is 0 Å². The first-order valence-corrected chi connectivity index (χ1v) is 11.3. The number of carbonyl (C=O) groups is 2. The molecule has 0 aliphatic rings. The largest absolute Gasteiger partial charge is 0.497 e. The maximum Gasteiger partial charge on any atom is 0.316 e. The smallest absolute Gasteiger partial charge is 0.316 e. The molecule has 0 radical (unpaired) electrons. The van der Waals surface area contributed by atoms with Crippen LogP contribution in [0.2, 0.25) is 0 Å². The number of carbonyl (C=O) groups excluding carboxylic acids is 2. The molecule has 32 heavy (non-hydrogen) atoms. The molecule has 0 aliphatic heterocycles. The number of hydrogen-bond acceptors (Lipinski definition) is 10. The third-order valence-electron chi connectivity index (χ3n) is 4.08. The zero-order valence-electron chi connectivity index (χ0n) is 18.0. The van der Waals surface area contributed by atoms with Crippen LogP contribution >= 0.6 is 23.1 Å². The Bertz CT molecular complexity index is 1100. The molecule has 0 aliphatic carbocycles. The Morgan fingerprint density at radius 3 is 2.50 bits per heavy atom. The summed E-state index contributed by atoms with van der Waals surface area (Å²) < 4.78 is 15.7. The molecular formula is C21H22N4O5S2. The lowest BCUT2D eigenvalue weighted by Gasteiger charge is -2.08. The molecule has 0 atom stereocenters. The summed E-state index contributed by atoms with van der Waals surface area (Å²) in [6.07, 6.45) is 0. The van der Waals surface area contributed by atoms with Crippen molar-refractivity contribution in [2.75, 3.05) is 31.9 Å². The van der Waals surface area contributed by atoms with Gasteiger partial charge in [0.2, 0.25) is 0 Å². The van der Waals surface area contributed by atoms with Crippen LogP contribution in [-0.4, -0.2) is 53.4 Å². The lowest BCUT2D eigenvalue weighted by Crippen LogP contribution is -2.21. The van der Waals surface area contributed by atoms with E-state index in [-0.39, 0.29) is 5.75 Å². The second-order valence-electron chi connectivity index (χ2n) is 6.53. The highest BCUT2D eigenvalue weighted by Gasteiger charge is 2.14. The van der Waals surface area contributed by atoms with Gasteiger partial charge in [0.05, 0.1) is 25.7 Å². The van der Waals surface area contributed by atoms with E-state index in [0.717, 1.165) is 28.7 Å². The van der Waals surface area contributed by atoms with E-state index in [2.05, 4.69) is 20.3 Å². The maximum absolute atomic E-state index is 12.2. The number of aromatic nitrogens is 3. The molecule has 2 heterocycles. The molecule has 2 aromatic heterocycles. The summed E-state index contributed by atoms with van der Waals surface area (Å²) in [6, 6.07) is 7.22. The number of nitrogens with zero attached hydrogens (tertiary/aromatic N) is 3. The van der Waals surface area contributed by atoms with E-state index in [4.69, 9.17) is 14.2 Å². The van der Waals surface area contributed by atoms with E-state index in [9.17, 15) is 9.59 Å². The third-order valence-corrected chi connectivity index (χ3v) is 5.66. The fourth-order valence-electron chi connectivity index (χ4n) is 2.69. The lowest BCUT2D eigenvalue weighted by molar-refractivity contribution is -0.144. The summed E-state index contributed by atoms with van der Waals surface area (Å²) in [6.45, 7) is 3.30. The average Bonchev–Trinajstić information content (AvgIpc) is 3.23. The Morgan fingerprint density at radius 1 is 1.06 bits per heavy atom. The molecule has 0 unspecified atom stereocenters. The van der Waals surface area contributed by atoms with E-state index >= 15 is 0 Å². The van der Waals surface area contributed by atoms with Crippen LogP contribution < -0.4 is 14.8 Å². The van der Waals surface area contributed by atoms with Crippen molar-refractivity contribution in [2.45, 2.75) is 19.0 Å². The molecule has 11 heteroatoms. The van der Waals surface area contributed by atoms with Gasteiger partial charge in [0.15, 0.2) is 16.9 Å². The van der Waals surface area contributed by atoms with Gasteiger partial charge in [0.1, 0.15) is 11.5 Å². The molecule has 9 nitrogen and oxygen atoms in total. The van der Waals surface area contributed by atoms with E-state index in [1.54, 1.807) is 37.8 Å². The van der Waals surface area contributed by atoms with Gasteiger partial charge < -0.3 is 14.2 Å². The zero-order chi connectivity index (χ0) is 23.1. The molecule has 3 aromatic rings. The van der Waals surface area contributed by atoms with Crippen LogP contribution in [0.5, 0.6) is 11.5 Å². The Kier molecular flexibility index (Phi) is 8.01. The first-order chi connectivity index (χ1) is 15.4. The summed E-state index contributed by atoms with van der Waals surface area (Å²) in [5.74, 6) is 0.287. The highest BCUT2D eigenvalue weighted by Crippen LogP contribution is 2.35. The van der Waals surface area contributed by atoms with Crippen molar-refractivity contribution < 1.29 is 23.8 Å². The molecule has 1 aromatic carbocycles. The van der Waals surface area contributed by atoms with Crippen LogP contribution in [0.1, 0.15) is 11.4 Å². The normalized spacial score (nSPS) is 10.5. The van der Waals surface area contributed by atoms with Crippen LogP contribution in [0.4, 0.5) is 5.13 Å². The average molecular weight is 475 g/mol. The molecule has 0 saturated heterocycles. The number of aryl methyl sites for hydroxylation is 2. The highest BCUT2D eigenvalue weighted by molar-refractivity contribution is 7.99. The van der Waals surface area contributed by atoms with Gasteiger partial charge in [-0.1, -0.05) is 11.8 Å². The topological polar surface area (TPSA) is 113 Å². The Hall–Kier alpha value is -3.18. The van der Waals surface area contributed by atoms with Crippen molar-refractivity contribution in [1.82, 2.24) is 15.0 Å². The van der Waals surface area contributed by atoms with E-state index in [0.29, 0.717) is 27.5 Å². The number of thiazole rings is 1. The SMILES string of the molecule is COc1ccc(OC)c(-c2csc(NC(=O)COC(=O)CSc3nc(C)cc(C)n3)n2)c1. The van der Waals surface area contributed by atoms with Gasteiger partial charge in [-0.05, 0) is 38.1 Å². The molecule has 168 valence electrons. The minimum absolute atomic E-state index is 0.00715. The summed E-state index contributed by atoms with van der Waals surface area (Å²) in [7, 11) is 3.15. The second-order valence-corrected chi connectivity index (χ2v) is 8.34. The van der Waals surface area contributed by atoms with Crippen molar-refractivity contribution >= 4 is 40.1 Å². The van der Waals surface area contributed by atoms with Gasteiger partial charge in [0, 0.05) is 22.3 Å². The summed E-state index contributed by atoms with van der Waals surface area (Å²) >= 11 is 2.41. The minimum Gasteiger partial charge on any atom is -0.497 e. The van der Waals surface area contributed by atoms with Crippen LogP contribution in [-0.2, 0) is 14.3 Å². The number of ether oxygens (including phenoxy) is 3. The number of anilines is 1. The third kappa shape index (κ3) is 6.41. The van der Waals surface area contributed by atoms with Crippen LogP contribution in [0.15, 0.2) is 34.8 Å². The molecule has 0 spiro atoms. The van der Waals surface area contributed by atoms with Gasteiger partial charge in [-0.25, -0.2) is 15.0 Å². The first-order valence-electron chi connectivity index (χ1n) is 9.46. The van der Waals surface area contributed by atoms with Gasteiger partial charge in [-0.3, -0.25) is 14.9 Å². The van der Waals surface area contributed by atoms with Gasteiger partial charge in [-0.15, -0.1) is 11.3 Å². The Labute approximate surface area is 193 Å². The standard InChI is InChI=1S/C21H22N4O5S2/c1-12-7-13(2)23-20(22-12)32-11-19(27)30-9-18(26)25-21-24-16(10-31-21)15-8-14(28-3)5-6-17(15)29-4/h5-8,10H,9,11H2,1-4H3,(H,24,25,26). The maximum atomic E-state index is 12.2. The van der Waals surface area contributed by atoms with Gasteiger partial charge in [0.25, 0.3) is 5.91 Å². The van der Waals surface area contributed by atoms with E-state index < -0.39 is 18.5 Å². The summed E-state index contributed by atoms with van der Waals surface area (Å²) in [5, 5.41) is 5.29. The predicted octanol–water partition coefficient (Wildman–Crippen LogP) is 3.51. The molecule has 0 saturated carbocycles. The fourth-order valence-corrected chi connectivity index (χ4v) is 4.17. The number of amides is 1. The van der Waals surface area contributed by atoms with Crippen molar-refractivity contribution in [3.8, 4) is 22.8 Å². The molecule has 1 N–H and O–H groups in total. The van der Waals surface area contributed by atoms with Crippen molar-refractivity contribution in [3.05, 3.63) is 41.0 Å². The van der Waals surface area contributed by atoms with Gasteiger partial charge >= 0.3 is 5.97 Å². The molecular weight excluding hydrogens is 452 g/mol. The predicted molar refractivity (Wildman–Crippen MR) is 122 cm³/mol. The monoisotopic (exact) mass is 474 g/mol. The number of hydrogen-bond donors (Lipinski definition) is 1. The fraction of sp³-hybridized carbons (Fsp3) is 0.286. The number of benzene rings is 1. The number of nitrogens with one attached hydrogen (secondary N) is 1. The number of rotatable bonds is 9. The molecule has 1 amide bonds. The van der Waals surface area contributed by atoms with Crippen LogP contribution in [0.3, 0.4) is 0 Å². The molecule has 0 fully saturated rings. The molecule has 0 bridgehead atoms. The number of thioether (sulfide) groups is 1. The minimum atomic E-state index is -0.533. The van der Waals surface area contributed by atoms with Crippen molar-refractivity contribution in [3.63, 3.8) is 0 Å². The Balaban J connectivity index is 1.51. The van der Waals surface area contributed by atoms with E-state index in [1.807, 2.05) is 19.9 Å². The second kappa shape index (κ2) is 10.9. The summed E-state index contributed by atoms with van der Waals surface area (Å²) in [4.78, 5) is 37.0. The number of esters is 1. The first kappa shape index (κ1) is 23.5. The summed E-state index contributed by atoms with van der Waals surface area (Å²) in [5.41, 5.74) is 3.01. The molecule has 3 rings (SSSR count). The van der Waals surface area contributed by atoms with Crippen LogP contribution in [0.25, 0.3) is 11.3 Å². The zero-order valence-corrected chi connectivity index (χ0v) is 19.6. The Morgan fingerprint density at radius 2 is 1.81 bits per heavy atom. The van der Waals surface area contributed by atoms with E-state index in [1.165, 1.54) is 11.3 Å². The van der Waals surface area contributed by atoms with Gasteiger partial charge in [-0.2, -0.15) is 0 Å². The highest BCUT2D eigenvalue weighted by atomic mass is 32.2.